The van der Waals surface area contributed by atoms with Crippen LogP contribution in [-0.4, -0.2) is 52.1 Å². The standard InChI is InChI=1S/C2H4O3.4BO3.12Li/c3-1-2(4)5;4*2-1(3)4;;;;;;;;;;;;/h3H,1H2,(H,4,5);;;;;;;;;;;;;;;;/q;4*-3;12*+1. The minimum Gasteiger partial charge on any atom is -0.907 e. The van der Waals surface area contributed by atoms with Crippen molar-refractivity contribution in [1.82, 2.24) is 0 Å². The van der Waals surface area contributed by atoms with Gasteiger partial charge in [0.1, 0.15) is 6.61 Å². The summed E-state index contributed by atoms with van der Waals surface area (Å²) < 4.78 is 0. The maximum Gasteiger partial charge on any atom is 1.00 e. The first-order chi connectivity index (χ1) is 9.20. The Morgan fingerprint density at radius 3 is 0.455 bits per heavy atom. The number of aliphatic hydroxyl groups is 1. The fourth-order valence-corrected chi connectivity index (χ4v) is 0. The van der Waals surface area contributed by atoms with Crippen molar-refractivity contribution in [3.05, 3.63) is 0 Å². The summed E-state index contributed by atoms with van der Waals surface area (Å²) in [6.07, 6.45) is 0. The Labute approximate surface area is 338 Å². The molecule has 0 heterocycles. The smallest absolute Gasteiger partial charge is 0.907 e. The normalized spacial score (nSPS) is 4.39. The Kier molecular flexibility index (Phi) is 376. The zero-order valence-electron chi connectivity index (χ0n) is 21.7. The molecule has 0 radical (unpaired) electrons. The Morgan fingerprint density at radius 1 is 0.424 bits per heavy atom. The maximum atomic E-state index is 9.12. The van der Waals surface area contributed by atoms with Gasteiger partial charge in [0.15, 0.2) is 0 Å². The largest absolute Gasteiger partial charge is 1.00 e. The molecular weight excluding hydrogens is 391 g/mol. The van der Waals surface area contributed by atoms with Crippen molar-refractivity contribution >= 4 is 35.3 Å². The van der Waals surface area contributed by atoms with Crippen LogP contribution in [0.5, 0.6) is 0 Å². The molecule has 126 valence electrons. The molecule has 0 fully saturated rings. The molecule has 31 heteroatoms. The molecule has 0 aromatic heterocycles. The van der Waals surface area contributed by atoms with Crippen LogP contribution in [0.1, 0.15) is 0 Å². The van der Waals surface area contributed by atoms with Crippen LogP contribution in [0.2, 0.25) is 0 Å². The van der Waals surface area contributed by atoms with Gasteiger partial charge in [0.2, 0.25) is 0 Å². The van der Waals surface area contributed by atoms with Crippen LogP contribution in [0.25, 0.3) is 0 Å². The Bertz CT molecular complexity index is 169. The van der Waals surface area contributed by atoms with Crippen molar-refractivity contribution in [2.75, 3.05) is 6.61 Å². The first-order valence-electron chi connectivity index (χ1n) is 3.93. The van der Waals surface area contributed by atoms with Gasteiger partial charge in [-0.3, -0.25) is 29.3 Å². The van der Waals surface area contributed by atoms with Crippen LogP contribution < -0.4 is 287 Å². The van der Waals surface area contributed by atoms with Crippen LogP contribution in [0.15, 0.2) is 0 Å². The molecule has 0 saturated carbocycles. The summed E-state index contributed by atoms with van der Waals surface area (Å²) in [4.78, 5) is 9.12. The number of rotatable bonds is 1. The van der Waals surface area contributed by atoms with Crippen LogP contribution in [-0.2, 0) is 4.79 Å². The monoisotopic (exact) mass is 396 g/mol. The molecular formula is C2H4B4Li12O15. The number of carbonyl (C=O) groups is 1. The van der Waals surface area contributed by atoms with Crippen LogP contribution in [0.4, 0.5) is 0 Å². The van der Waals surface area contributed by atoms with Crippen molar-refractivity contribution in [2.24, 2.45) is 0 Å². The molecule has 33 heavy (non-hydrogen) atoms. The summed E-state index contributed by atoms with van der Waals surface area (Å²) in [6, 6.07) is 0. The minimum absolute atomic E-state index is 0. The van der Waals surface area contributed by atoms with E-state index in [1.54, 1.807) is 0 Å². The molecule has 0 aromatic rings. The van der Waals surface area contributed by atoms with Crippen LogP contribution in [0, 0.1) is 0 Å². The molecule has 0 saturated heterocycles. The molecule has 0 amide bonds. The SMILES string of the molecule is O=C(O)CO.[Li+].[Li+].[Li+].[Li+].[Li+].[Li+].[Li+].[Li+].[Li+].[Li+].[Li+].[Li+].[O-]B([O-])[O-].[O-]B([O-])[O-].[O-]B([O-])[O-].[O-]B([O-])[O-]. The van der Waals surface area contributed by atoms with Gasteiger partial charge in [-0.1, -0.05) is 0 Å². The van der Waals surface area contributed by atoms with Crippen molar-refractivity contribution in [2.45, 2.75) is 0 Å². The molecule has 0 aliphatic rings. The molecule has 0 bridgehead atoms. The van der Waals surface area contributed by atoms with E-state index in [-0.39, 0.29) is 226 Å². The second kappa shape index (κ2) is 107. The van der Waals surface area contributed by atoms with Crippen molar-refractivity contribution in [1.29, 1.82) is 0 Å². The molecule has 0 atom stereocenters. The van der Waals surface area contributed by atoms with Gasteiger partial charge in [-0.2, -0.15) is 0 Å². The first-order valence-corrected chi connectivity index (χ1v) is 3.93. The third-order valence-electron chi connectivity index (χ3n) is 0.135. The molecule has 0 unspecified atom stereocenters. The average molecular weight is 395 g/mol. The van der Waals surface area contributed by atoms with Gasteiger partial charge in [-0.05, 0) is 0 Å². The molecule has 2 N–H and O–H groups in total. The number of hydrogen-bond acceptors (Lipinski definition) is 14. The maximum absolute atomic E-state index is 9.12. The average Bonchev–Trinajstić information content (AvgIpc) is 2.13. The van der Waals surface area contributed by atoms with Crippen LogP contribution >= 0.6 is 0 Å². The quantitative estimate of drug-likeness (QED) is 0.389. The topological polar surface area (TPSA) is 334 Å². The third kappa shape index (κ3) is 724. The van der Waals surface area contributed by atoms with E-state index in [0.29, 0.717) is 0 Å². The zero-order chi connectivity index (χ0) is 18.6. The molecule has 0 aliphatic carbocycles. The van der Waals surface area contributed by atoms with Gasteiger partial charge < -0.3 is 70.5 Å². The summed E-state index contributed by atoms with van der Waals surface area (Å²) in [6.45, 7) is -0.778. The Hall–Kier alpha value is 6.38. The zero-order valence-corrected chi connectivity index (χ0v) is 21.7. The summed E-state index contributed by atoms with van der Waals surface area (Å²) in [7, 11) is -11.7. The fraction of sp³-hybridized carbons (Fsp3) is 0.500. The van der Waals surface area contributed by atoms with E-state index in [1.807, 2.05) is 0 Å². The first kappa shape index (κ1) is 116. The number of aliphatic carboxylic acids is 1. The van der Waals surface area contributed by atoms with E-state index in [4.69, 9.17) is 75.3 Å². The van der Waals surface area contributed by atoms with Crippen molar-refractivity contribution in [3.8, 4) is 0 Å². The predicted molar refractivity (Wildman–Crippen MR) is 37.7 cm³/mol. The van der Waals surface area contributed by atoms with E-state index in [0.717, 1.165) is 0 Å². The molecule has 0 aliphatic heterocycles. The van der Waals surface area contributed by atoms with E-state index in [1.165, 1.54) is 0 Å². The Balaban J connectivity index is -0.00000000594. The van der Waals surface area contributed by atoms with Gasteiger partial charge in [0.25, 0.3) is 0 Å². The van der Waals surface area contributed by atoms with E-state index < -0.39 is 41.9 Å². The van der Waals surface area contributed by atoms with Crippen molar-refractivity contribution in [3.63, 3.8) is 0 Å². The minimum atomic E-state index is -2.92. The van der Waals surface area contributed by atoms with Gasteiger partial charge in [-0.25, -0.2) is 4.79 Å². The molecule has 0 spiro atoms. The van der Waals surface area contributed by atoms with Gasteiger partial charge in [-0.15, -0.1) is 0 Å². The summed E-state index contributed by atoms with van der Waals surface area (Å²) in [5.41, 5.74) is 0. The van der Waals surface area contributed by atoms with E-state index in [9.17, 15) is 0 Å². The number of carboxylic acid groups (broad SMARTS) is 1. The van der Waals surface area contributed by atoms with Gasteiger partial charge in [0, 0.05) is 0 Å². The van der Waals surface area contributed by atoms with Gasteiger partial charge in [0.05, 0.1) is 0 Å². The predicted octanol–water partition coefficient (Wildman–Crippen LogP) is -52.7. The molecule has 0 aromatic carbocycles. The second-order valence-electron chi connectivity index (χ2n) is 1.71. The van der Waals surface area contributed by atoms with Crippen molar-refractivity contribution < 1.29 is 302 Å². The van der Waals surface area contributed by atoms with E-state index in [2.05, 4.69) is 0 Å². The third-order valence-corrected chi connectivity index (χ3v) is 0.135. The Morgan fingerprint density at radius 2 is 0.455 bits per heavy atom. The number of hydrogen-bond donors (Lipinski definition) is 2. The summed E-state index contributed by atoms with van der Waals surface area (Å²) in [5.74, 6) is -1.19. The summed E-state index contributed by atoms with van der Waals surface area (Å²) in [5, 5.41) is 116. The second-order valence-corrected chi connectivity index (χ2v) is 1.71. The van der Waals surface area contributed by atoms with Crippen LogP contribution in [0.3, 0.4) is 0 Å². The van der Waals surface area contributed by atoms with Gasteiger partial charge >= 0.3 is 232 Å². The number of aliphatic hydroxyl groups excluding tert-OH is 1. The fourth-order valence-electron chi connectivity index (χ4n) is 0. The molecule has 15 nitrogen and oxygen atoms in total. The van der Waals surface area contributed by atoms with E-state index >= 15 is 0 Å². The molecule has 0 rings (SSSR count). The number of carboxylic acids is 1. The summed E-state index contributed by atoms with van der Waals surface area (Å²) >= 11 is 0.